The van der Waals surface area contributed by atoms with E-state index in [4.69, 9.17) is 11.0 Å². The van der Waals surface area contributed by atoms with Gasteiger partial charge in [0.15, 0.2) is 0 Å². The molecule has 5 aromatic rings. The Morgan fingerprint density at radius 2 is 0.884 bits per heavy atom. The van der Waals surface area contributed by atoms with Crippen molar-refractivity contribution >= 4 is 33.2 Å². The summed E-state index contributed by atoms with van der Waals surface area (Å²) in [4.78, 5) is 8.67. The normalized spacial score (nSPS) is 15.6. The zero-order chi connectivity index (χ0) is 36.9. The van der Waals surface area contributed by atoms with Gasteiger partial charge in [0.1, 0.15) is 0 Å². The minimum absolute atomic E-state index is 0. The molecular formula is C39H45AuN3-2. The van der Waals surface area contributed by atoms with Gasteiger partial charge in [-0.25, -0.2) is 0 Å². The summed E-state index contributed by atoms with van der Waals surface area (Å²) in [5.74, 6) is 1.92. The maximum Gasteiger partial charge on any atom is 0.0629 e. The first kappa shape index (κ1) is 23.2. The van der Waals surface area contributed by atoms with Crippen LogP contribution in [0.3, 0.4) is 0 Å². The van der Waals surface area contributed by atoms with Gasteiger partial charge in [0, 0.05) is 33.8 Å². The molecule has 3 nitrogen and oxygen atoms in total. The summed E-state index contributed by atoms with van der Waals surface area (Å²) in [5, 5.41) is 0.0611. The van der Waals surface area contributed by atoms with Gasteiger partial charge in [0.25, 0.3) is 0 Å². The smallest absolute Gasteiger partial charge is 0.0629 e. The maximum absolute atomic E-state index is 7.93. The average molecular weight is 761 g/mol. The number of aromatic nitrogens is 1. The Balaban J connectivity index is 0.000000235. The number of benzene rings is 4. The molecule has 1 aromatic heterocycles. The quantitative estimate of drug-likeness (QED) is 0.127. The van der Waals surface area contributed by atoms with Gasteiger partial charge in [-0.1, -0.05) is 140 Å². The first-order valence-corrected chi connectivity index (χ1v) is 14.8. The van der Waals surface area contributed by atoms with Gasteiger partial charge in [0.2, 0.25) is 0 Å². The van der Waals surface area contributed by atoms with Crippen molar-refractivity contribution in [3.05, 3.63) is 126 Å². The number of para-hydroxylation sites is 4. The van der Waals surface area contributed by atoms with Gasteiger partial charge in [-0.3, -0.25) is 0 Å². The molecule has 0 atom stereocenters. The molecule has 4 heteroatoms. The number of nitrogens with zero attached hydrogens (tertiary/aromatic N) is 3. The van der Waals surface area contributed by atoms with Crippen molar-refractivity contribution in [1.82, 2.24) is 4.98 Å². The standard InChI is InChI=1S/C27H37N2.C12H8N.Au/c1-18(2)22-11-9-12-23(19(3)4)26(22)28-15-16-29(17-28)27-24(20(5)6)13-10-14-25(27)21(7)8;1-3-7-11-9(5-1)10-6-2-4-8-12(10)13-11;/h9-21H,1-8H3;1-8H;/q2*-1;/i;1D,2D,3D,4D,5D,6D,7D,8D;. The Labute approximate surface area is 285 Å². The SMILES string of the molecule is CC(C)c1cccc(C(C)C)c1N1C=CN(c2c(C(C)C)cccc2C(C)C)[CH-]1.[2H]c1c([2H])c([2H])c2c([n-]c3c([2H])c([2H])c([2H])c([2H])c32)c1[2H].[Au]. The van der Waals surface area contributed by atoms with Crippen LogP contribution in [-0.2, 0) is 22.4 Å². The zero-order valence-electron chi connectivity index (χ0n) is 34.1. The molecule has 0 saturated carbocycles. The molecular weight excluding hydrogens is 707 g/mol. The third kappa shape index (κ3) is 6.80. The second-order valence-corrected chi connectivity index (χ2v) is 12.0. The van der Waals surface area contributed by atoms with Crippen LogP contribution in [0.5, 0.6) is 0 Å². The number of anilines is 2. The predicted octanol–water partition coefficient (Wildman–Crippen LogP) is 11.0. The van der Waals surface area contributed by atoms with E-state index >= 15 is 0 Å². The number of rotatable bonds is 6. The van der Waals surface area contributed by atoms with Gasteiger partial charge in [-0.2, -0.15) is 0 Å². The molecule has 229 valence electrons. The van der Waals surface area contributed by atoms with Crippen LogP contribution in [0.25, 0.3) is 21.8 Å². The fourth-order valence-corrected chi connectivity index (χ4v) is 5.49. The van der Waals surface area contributed by atoms with Crippen molar-refractivity contribution in [2.45, 2.75) is 79.1 Å². The molecule has 1 radical (unpaired) electrons. The molecule has 6 rings (SSSR count). The van der Waals surface area contributed by atoms with Crippen molar-refractivity contribution in [2.24, 2.45) is 0 Å². The largest absolute Gasteiger partial charge is 0.657 e. The van der Waals surface area contributed by atoms with E-state index in [0.717, 1.165) is 0 Å². The van der Waals surface area contributed by atoms with Crippen LogP contribution in [0.15, 0.2) is 97.1 Å². The van der Waals surface area contributed by atoms with Crippen LogP contribution in [0, 0.1) is 6.67 Å². The third-order valence-corrected chi connectivity index (χ3v) is 7.65. The summed E-state index contributed by atoms with van der Waals surface area (Å²) in [6, 6.07) is 10.3. The van der Waals surface area contributed by atoms with Gasteiger partial charge < -0.3 is 14.8 Å². The molecule has 0 fully saturated rings. The van der Waals surface area contributed by atoms with Crippen LogP contribution in [0.1, 0.15) is 112 Å². The molecule has 0 saturated heterocycles. The number of fused-ring (bicyclic) bond motifs is 3. The number of hydrogen-bond acceptors (Lipinski definition) is 2. The average Bonchev–Trinajstić information content (AvgIpc) is 3.73. The minimum atomic E-state index is -0.450. The monoisotopic (exact) mass is 760 g/mol. The Morgan fingerprint density at radius 1 is 0.558 bits per heavy atom. The molecule has 0 spiro atoms. The Bertz CT molecular complexity index is 1920. The van der Waals surface area contributed by atoms with Gasteiger partial charge in [-0.15, -0.1) is 17.7 Å². The molecule has 0 N–H and O–H groups in total. The van der Waals surface area contributed by atoms with Crippen molar-refractivity contribution in [3.8, 4) is 0 Å². The third-order valence-electron chi connectivity index (χ3n) is 7.65. The molecule has 43 heavy (non-hydrogen) atoms. The van der Waals surface area contributed by atoms with Crippen molar-refractivity contribution in [2.75, 3.05) is 9.80 Å². The van der Waals surface area contributed by atoms with Crippen molar-refractivity contribution < 1.29 is 33.3 Å². The molecule has 0 amide bonds. The van der Waals surface area contributed by atoms with Crippen LogP contribution in [0.4, 0.5) is 11.4 Å². The Kier molecular flexibility index (Phi) is 7.56. The van der Waals surface area contributed by atoms with E-state index < -0.39 is 24.2 Å². The van der Waals surface area contributed by atoms with E-state index in [-0.39, 0.29) is 68.4 Å². The van der Waals surface area contributed by atoms with Gasteiger partial charge in [0.05, 0.1) is 11.0 Å². The predicted molar refractivity (Wildman–Crippen MR) is 182 cm³/mol. The fraction of sp³-hybridized carbons (Fsp3) is 0.308. The first-order valence-electron chi connectivity index (χ1n) is 18.8. The topological polar surface area (TPSA) is 20.6 Å². The first-order chi connectivity index (χ1) is 23.5. The second-order valence-electron chi connectivity index (χ2n) is 12.0. The zero-order valence-corrected chi connectivity index (χ0v) is 28.3. The van der Waals surface area contributed by atoms with Crippen LogP contribution in [-0.4, -0.2) is 0 Å². The summed E-state index contributed by atoms with van der Waals surface area (Å²) in [6.45, 7) is 20.5. The van der Waals surface area contributed by atoms with Crippen LogP contribution in [0.2, 0.25) is 0 Å². The molecule has 1 aliphatic heterocycles. The Morgan fingerprint density at radius 3 is 1.21 bits per heavy atom. The molecule has 0 aliphatic carbocycles. The number of hydrogen-bond donors (Lipinski definition) is 0. The molecule has 0 unspecified atom stereocenters. The molecule has 0 bridgehead atoms. The van der Waals surface area contributed by atoms with Crippen molar-refractivity contribution in [3.63, 3.8) is 0 Å². The summed E-state index contributed by atoms with van der Waals surface area (Å²) in [7, 11) is 0. The molecule has 4 aromatic carbocycles. The van der Waals surface area contributed by atoms with Gasteiger partial charge >= 0.3 is 0 Å². The Hall–Kier alpha value is -3.24. The second kappa shape index (κ2) is 14.0. The molecule has 1 aliphatic rings. The van der Waals surface area contributed by atoms with E-state index in [1.54, 1.807) is 0 Å². The maximum atomic E-state index is 7.93. The summed E-state index contributed by atoms with van der Waals surface area (Å²) in [6.07, 6.45) is 4.43. The van der Waals surface area contributed by atoms with E-state index in [1.807, 2.05) is 0 Å². The van der Waals surface area contributed by atoms with E-state index in [1.165, 1.54) is 33.6 Å². The summed E-state index contributed by atoms with van der Waals surface area (Å²) < 4.78 is 62.2. The van der Waals surface area contributed by atoms with E-state index in [9.17, 15) is 0 Å². The van der Waals surface area contributed by atoms with Crippen LogP contribution >= 0.6 is 0 Å². The van der Waals surface area contributed by atoms with Crippen LogP contribution < -0.4 is 14.8 Å². The van der Waals surface area contributed by atoms with Gasteiger partial charge in [-0.05, 0) is 69.1 Å². The molecule has 2 heterocycles. The van der Waals surface area contributed by atoms with Crippen molar-refractivity contribution in [1.29, 1.82) is 0 Å². The van der Waals surface area contributed by atoms with E-state index in [0.29, 0.717) is 23.7 Å². The summed E-state index contributed by atoms with van der Waals surface area (Å²) in [5.41, 5.74) is 8.21. The fourth-order valence-electron chi connectivity index (χ4n) is 5.49. The summed E-state index contributed by atoms with van der Waals surface area (Å²) >= 11 is 0. The minimum Gasteiger partial charge on any atom is -0.657 e. The van der Waals surface area contributed by atoms with E-state index in [2.05, 4.69) is 126 Å².